The van der Waals surface area contributed by atoms with E-state index in [1.807, 2.05) is 25.1 Å². The lowest BCUT2D eigenvalue weighted by atomic mass is 9.98. The molecule has 0 bridgehead atoms. The van der Waals surface area contributed by atoms with Crippen LogP contribution < -0.4 is 5.32 Å². The molecular formula is C21H22FN3O2S. The summed E-state index contributed by atoms with van der Waals surface area (Å²) < 4.78 is 19.1. The van der Waals surface area contributed by atoms with Gasteiger partial charge in [0.25, 0.3) is 5.22 Å². The molecule has 5 nitrogen and oxygen atoms in total. The normalized spacial score (nSPS) is 13.1. The highest BCUT2D eigenvalue weighted by molar-refractivity contribution is 8.00. The second-order valence-corrected chi connectivity index (χ2v) is 7.98. The second kappa shape index (κ2) is 9.01. The molecule has 0 aliphatic heterocycles. The number of carbonyl (C=O) groups is 1. The summed E-state index contributed by atoms with van der Waals surface area (Å²) in [5.41, 5.74) is 2.45. The van der Waals surface area contributed by atoms with E-state index in [0.29, 0.717) is 23.2 Å². The maximum Gasteiger partial charge on any atom is 0.277 e. The molecule has 7 heteroatoms. The molecule has 28 heavy (non-hydrogen) atoms. The summed E-state index contributed by atoms with van der Waals surface area (Å²) in [4.78, 5) is 12.4. The molecule has 1 heterocycles. The maximum atomic E-state index is 13.4. The summed E-state index contributed by atoms with van der Waals surface area (Å²) in [6.45, 7) is 5.65. The van der Waals surface area contributed by atoms with E-state index in [2.05, 4.69) is 34.6 Å². The monoisotopic (exact) mass is 399 g/mol. The smallest absolute Gasteiger partial charge is 0.277 e. The van der Waals surface area contributed by atoms with Gasteiger partial charge >= 0.3 is 0 Å². The Bertz CT molecular complexity index is 946. The van der Waals surface area contributed by atoms with Crippen molar-refractivity contribution in [3.05, 3.63) is 71.4 Å². The lowest BCUT2D eigenvalue weighted by Gasteiger charge is -2.12. The molecule has 1 amide bonds. The third kappa shape index (κ3) is 5.19. The Balaban J connectivity index is 1.58. The predicted molar refractivity (Wildman–Crippen MR) is 108 cm³/mol. The molecule has 0 saturated carbocycles. The molecule has 2 unspecified atom stereocenters. The molecule has 0 spiro atoms. The Hall–Kier alpha value is -2.67. The minimum atomic E-state index is -0.470. The van der Waals surface area contributed by atoms with Gasteiger partial charge in [0.1, 0.15) is 5.82 Å². The van der Waals surface area contributed by atoms with Crippen LogP contribution in [0.4, 0.5) is 10.1 Å². The number of halogens is 1. The lowest BCUT2D eigenvalue weighted by molar-refractivity contribution is -0.115. The van der Waals surface area contributed by atoms with Crippen LogP contribution in [0.25, 0.3) is 0 Å². The number of thioether (sulfide) groups is 1. The minimum Gasteiger partial charge on any atom is -0.416 e. The van der Waals surface area contributed by atoms with Crippen molar-refractivity contribution in [2.24, 2.45) is 0 Å². The lowest BCUT2D eigenvalue weighted by Crippen LogP contribution is -2.22. The molecule has 0 aliphatic rings. The van der Waals surface area contributed by atoms with Crippen LogP contribution in [0, 0.1) is 12.7 Å². The number of anilines is 1. The van der Waals surface area contributed by atoms with Crippen molar-refractivity contribution in [3.8, 4) is 0 Å². The van der Waals surface area contributed by atoms with E-state index < -0.39 is 11.1 Å². The zero-order chi connectivity index (χ0) is 20.1. The number of aromatic nitrogens is 2. The Morgan fingerprint density at radius 2 is 1.93 bits per heavy atom. The number of benzene rings is 2. The molecular weight excluding hydrogens is 377 g/mol. The van der Waals surface area contributed by atoms with Crippen LogP contribution in [0.15, 0.2) is 58.2 Å². The highest BCUT2D eigenvalue weighted by Gasteiger charge is 2.20. The molecule has 2 aromatic carbocycles. The average molecular weight is 399 g/mol. The fraction of sp³-hybridized carbons (Fsp3) is 0.286. The van der Waals surface area contributed by atoms with Gasteiger partial charge in [-0.25, -0.2) is 4.39 Å². The maximum absolute atomic E-state index is 13.4. The van der Waals surface area contributed by atoms with E-state index in [0.717, 1.165) is 5.56 Å². The fourth-order valence-electron chi connectivity index (χ4n) is 2.70. The molecule has 0 aliphatic carbocycles. The average Bonchev–Trinajstić information content (AvgIpc) is 3.12. The van der Waals surface area contributed by atoms with E-state index in [-0.39, 0.29) is 11.8 Å². The summed E-state index contributed by atoms with van der Waals surface area (Å²) in [6.07, 6.45) is 0.626. The topological polar surface area (TPSA) is 68.0 Å². The fourth-order valence-corrected chi connectivity index (χ4v) is 3.40. The Morgan fingerprint density at radius 1 is 1.18 bits per heavy atom. The molecule has 1 N–H and O–H groups in total. The Kier molecular flexibility index (Phi) is 6.46. The van der Waals surface area contributed by atoms with Gasteiger partial charge in [0.05, 0.1) is 5.25 Å². The third-order valence-electron chi connectivity index (χ3n) is 4.40. The molecule has 0 fully saturated rings. The number of aryl methyl sites for hydroxylation is 1. The highest BCUT2D eigenvalue weighted by atomic mass is 32.2. The number of carbonyl (C=O) groups excluding carboxylic acids is 1. The quantitative estimate of drug-likeness (QED) is 0.567. The zero-order valence-electron chi connectivity index (χ0n) is 16.0. The first-order valence-electron chi connectivity index (χ1n) is 9.03. The van der Waals surface area contributed by atoms with Gasteiger partial charge in [-0.05, 0) is 43.0 Å². The third-order valence-corrected chi connectivity index (χ3v) is 5.34. The van der Waals surface area contributed by atoms with E-state index >= 15 is 0 Å². The van der Waals surface area contributed by atoms with Gasteiger partial charge in [-0.15, -0.1) is 10.2 Å². The van der Waals surface area contributed by atoms with Crippen LogP contribution in [0.3, 0.4) is 0 Å². The van der Waals surface area contributed by atoms with E-state index in [9.17, 15) is 9.18 Å². The van der Waals surface area contributed by atoms with Crippen molar-refractivity contribution in [1.29, 1.82) is 0 Å². The van der Waals surface area contributed by atoms with E-state index in [4.69, 9.17) is 4.42 Å². The molecule has 0 radical (unpaired) electrons. The standard InChI is InChI=1S/C21H22FN3O2S/c1-13-9-10-17(22)12-18(13)23-20(26)15(3)28-21-25-24-19(27-21)11-14(2)16-7-5-4-6-8-16/h4-10,12,14-15H,11H2,1-3H3,(H,23,26). The van der Waals surface area contributed by atoms with Gasteiger partial charge in [0.2, 0.25) is 11.8 Å². The van der Waals surface area contributed by atoms with Crippen LogP contribution in [0.5, 0.6) is 0 Å². The summed E-state index contributed by atoms with van der Waals surface area (Å²) in [7, 11) is 0. The van der Waals surface area contributed by atoms with Gasteiger partial charge in [-0.3, -0.25) is 4.79 Å². The van der Waals surface area contributed by atoms with E-state index in [1.165, 1.54) is 29.5 Å². The van der Waals surface area contributed by atoms with E-state index in [1.54, 1.807) is 13.0 Å². The van der Waals surface area contributed by atoms with Crippen LogP contribution in [-0.2, 0) is 11.2 Å². The first kappa shape index (κ1) is 20.1. The van der Waals surface area contributed by atoms with Crippen LogP contribution in [-0.4, -0.2) is 21.4 Å². The van der Waals surface area contributed by atoms with Gasteiger partial charge in [0.15, 0.2) is 0 Å². The van der Waals surface area contributed by atoms with Gasteiger partial charge in [-0.2, -0.15) is 0 Å². The van der Waals surface area contributed by atoms with Crippen LogP contribution >= 0.6 is 11.8 Å². The minimum absolute atomic E-state index is 0.246. The molecule has 1 aromatic heterocycles. The number of nitrogens with one attached hydrogen (secondary N) is 1. The van der Waals surface area contributed by atoms with Gasteiger partial charge in [-0.1, -0.05) is 55.1 Å². The Morgan fingerprint density at radius 3 is 2.68 bits per heavy atom. The predicted octanol–water partition coefficient (Wildman–Crippen LogP) is 4.98. The van der Waals surface area contributed by atoms with Crippen molar-refractivity contribution in [2.45, 2.75) is 43.6 Å². The summed E-state index contributed by atoms with van der Waals surface area (Å²) >= 11 is 1.18. The van der Waals surface area contributed by atoms with Crippen molar-refractivity contribution in [3.63, 3.8) is 0 Å². The summed E-state index contributed by atoms with van der Waals surface area (Å²) in [5, 5.41) is 10.7. The van der Waals surface area contributed by atoms with Crippen molar-refractivity contribution >= 4 is 23.4 Å². The molecule has 3 rings (SSSR count). The molecule has 2 atom stereocenters. The molecule has 3 aromatic rings. The molecule has 0 saturated heterocycles. The number of hydrogen-bond acceptors (Lipinski definition) is 5. The number of hydrogen-bond donors (Lipinski definition) is 1. The molecule has 146 valence electrons. The highest BCUT2D eigenvalue weighted by Crippen LogP contribution is 2.26. The van der Waals surface area contributed by atoms with Crippen molar-refractivity contribution < 1.29 is 13.6 Å². The first-order chi connectivity index (χ1) is 13.4. The first-order valence-corrected chi connectivity index (χ1v) is 9.91. The van der Waals surface area contributed by atoms with Crippen molar-refractivity contribution in [2.75, 3.05) is 5.32 Å². The summed E-state index contributed by atoms with van der Waals surface area (Å²) in [5.74, 6) is 0.134. The zero-order valence-corrected chi connectivity index (χ0v) is 16.8. The van der Waals surface area contributed by atoms with Gasteiger partial charge in [0, 0.05) is 12.1 Å². The number of amides is 1. The van der Waals surface area contributed by atoms with Crippen LogP contribution in [0.2, 0.25) is 0 Å². The Labute approximate surface area is 167 Å². The van der Waals surface area contributed by atoms with Gasteiger partial charge < -0.3 is 9.73 Å². The SMILES string of the molecule is Cc1ccc(F)cc1NC(=O)C(C)Sc1nnc(CC(C)c2ccccc2)o1. The number of nitrogens with zero attached hydrogens (tertiary/aromatic N) is 2. The largest absolute Gasteiger partial charge is 0.416 e. The second-order valence-electron chi connectivity index (χ2n) is 6.69. The van der Waals surface area contributed by atoms with Crippen molar-refractivity contribution in [1.82, 2.24) is 10.2 Å². The summed E-state index contributed by atoms with van der Waals surface area (Å²) in [6, 6.07) is 14.4. The van der Waals surface area contributed by atoms with Crippen LogP contribution in [0.1, 0.15) is 36.8 Å². The number of rotatable bonds is 7.